The fraction of sp³-hybridized carbons (Fsp3) is 0.632. The summed E-state index contributed by atoms with van der Waals surface area (Å²) in [7, 11) is 0. The van der Waals surface area contributed by atoms with E-state index in [1.54, 1.807) is 0 Å². The quantitative estimate of drug-likeness (QED) is 0.687. The number of β-amino-alcohol motifs (C(OH)–C–C–N with tert-alkyl or cyclic N) is 1. The molecule has 1 fully saturated rings. The molecule has 25 heavy (non-hydrogen) atoms. The molecule has 1 N–H and O–H groups in total. The molecule has 0 unspecified atom stereocenters. The second-order valence-electron chi connectivity index (χ2n) is 6.22. The van der Waals surface area contributed by atoms with Gasteiger partial charge >= 0.3 is 5.97 Å². The Bertz CT molecular complexity index is 519. The van der Waals surface area contributed by atoms with Crippen LogP contribution in [-0.2, 0) is 9.53 Å². The van der Waals surface area contributed by atoms with Crippen LogP contribution in [0.15, 0.2) is 24.3 Å². The first-order valence-electron chi connectivity index (χ1n) is 9.05. The monoisotopic (exact) mass is 351 g/mol. The molecule has 0 amide bonds. The highest BCUT2D eigenvalue weighted by molar-refractivity contribution is 5.72. The number of benzene rings is 1. The zero-order valence-electron chi connectivity index (χ0n) is 15.1. The maximum absolute atomic E-state index is 11.9. The van der Waals surface area contributed by atoms with Crippen LogP contribution in [-0.4, -0.2) is 61.5 Å². The third kappa shape index (κ3) is 6.55. The largest absolute Gasteiger partial charge is 0.494 e. The van der Waals surface area contributed by atoms with Crippen molar-refractivity contribution in [2.45, 2.75) is 32.8 Å². The molecule has 0 saturated carbocycles. The zero-order valence-corrected chi connectivity index (χ0v) is 15.1. The fourth-order valence-electron chi connectivity index (χ4n) is 3.02. The summed E-state index contributed by atoms with van der Waals surface area (Å²) >= 11 is 0. The minimum Gasteiger partial charge on any atom is -0.494 e. The molecule has 0 spiro atoms. The molecule has 1 aromatic rings. The van der Waals surface area contributed by atoms with E-state index in [1.807, 2.05) is 38.1 Å². The number of carbonyl (C=O) groups is 1. The summed E-state index contributed by atoms with van der Waals surface area (Å²) in [4.78, 5) is 14.0. The number of rotatable bonds is 9. The maximum Gasteiger partial charge on any atom is 0.310 e. The predicted molar refractivity (Wildman–Crippen MR) is 94.9 cm³/mol. The molecule has 1 saturated heterocycles. The Kier molecular flexibility index (Phi) is 8.01. The second kappa shape index (κ2) is 10.3. The van der Waals surface area contributed by atoms with Crippen molar-refractivity contribution in [3.8, 4) is 11.5 Å². The summed E-state index contributed by atoms with van der Waals surface area (Å²) in [6.45, 7) is 7.03. The standard InChI is InChI=1S/C19H29NO5/c1-3-23-17-7-9-18(10-8-17)25-14-16(21)13-20-11-5-6-15(12-20)19(22)24-4-2/h7-10,15-16,21H,3-6,11-14H2,1-2H3/t15-,16+/m1/s1. The molecule has 0 radical (unpaired) electrons. The van der Waals surface area contributed by atoms with Gasteiger partial charge in [0.15, 0.2) is 0 Å². The first-order valence-corrected chi connectivity index (χ1v) is 9.05. The van der Waals surface area contributed by atoms with Crippen molar-refractivity contribution in [1.82, 2.24) is 4.90 Å². The number of ether oxygens (including phenoxy) is 3. The minimum atomic E-state index is -0.604. The molecule has 1 aliphatic heterocycles. The normalized spacial score (nSPS) is 19.2. The second-order valence-corrected chi connectivity index (χ2v) is 6.22. The van der Waals surface area contributed by atoms with Gasteiger partial charge in [-0.2, -0.15) is 0 Å². The van der Waals surface area contributed by atoms with E-state index in [-0.39, 0.29) is 18.5 Å². The first kappa shape index (κ1) is 19.5. The number of esters is 1. The van der Waals surface area contributed by atoms with Crippen LogP contribution in [0, 0.1) is 5.92 Å². The molecular formula is C19H29NO5. The molecule has 0 aliphatic carbocycles. The van der Waals surface area contributed by atoms with Gasteiger partial charge in [-0.1, -0.05) is 0 Å². The topological polar surface area (TPSA) is 68.2 Å². The summed E-state index contributed by atoms with van der Waals surface area (Å²) < 4.78 is 16.1. The van der Waals surface area contributed by atoms with Gasteiger partial charge in [-0.25, -0.2) is 0 Å². The van der Waals surface area contributed by atoms with Gasteiger partial charge in [0.05, 0.1) is 19.1 Å². The minimum absolute atomic E-state index is 0.0899. The van der Waals surface area contributed by atoms with Crippen molar-refractivity contribution in [3.05, 3.63) is 24.3 Å². The van der Waals surface area contributed by atoms with E-state index >= 15 is 0 Å². The smallest absolute Gasteiger partial charge is 0.310 e. The molecule has 140 valence electrons. The number of piperidine rings is 1. The Morgan fingerprint density at radius 3 is 2.52 bits per heavy atom. The average Bonchev–Trinajstić information content (AvgIpc) is 2.62. The van der Waals surface area contributed by atoms with E-state index in [0.29, 0.717) is 32.1 Å². The zero-order chi connectivity index (χ0) is 18.1. The summed E-state index contributed by atoms with van der Waals surface area (Å²) in [6, 6.07) is 7.35. The fourth-order valence-corrected chi connectivity index (χ4v) is 3.02. The lowest BCUT2D eigenvalue weighted by molar-refractivity contribution is -0.150. The van der Waals surface area contributed by atoms with Crippen molar-refractivity contribution in [2.24, 2.45) is 5.92 Å². The number of nitrogens with zero attached hydrogens (tertiary/aromatic N) is 1. The lowest BCUT2D eigenvalue weighted by Gasteiger charge is -2.32. The molecule has 6 heteroatoms. The molecule has 2 rings (SSSR count). The first-order chi connectivity index (χ1) is 12.1. The van der Waals surface area contributed by atoms with E-state index in [4.69, 9.17) is 14.2 Å². The van der Waals surface area contributed by atoms with Gasteiger partial charge in [-0.15, -0.1) is 0 Å². The van der Waals surface area contributed by atoms with Crippen LogP contribution in [0.25, 0.3) is 0 Å². The van der Waals surface area contributed by atoms with E-state index in [2.05, 4.69) is 4.90 Å². The third-order valence-electron chi connectivity index (χ3n) is 4.17. The van der Waals surface area contributed by atoms with Crippen LogP contribution >= 0.6 is 0 Å². The SMILES string of the molecule is CCOC(=O)[C@@H]1CCCN(C[C@H](O)COc2ccc(OCC)cc2)C1. The molecule has 2 atom stereocenters. The van der Waals surface area contributed by atoms with Gasteiger partial charge in [-0.3, -0.25) is 9.69 Å². The highest BCUT2D eigenvalue weighted by Gasteiger charge is 2.27. The highest BCUT2D eigenvalue weighted by atomic mass is 16.5. The van der Waals surface area contributed by atoms with Gasteiger partial charge < -0.3 is 19.3 Å². The lowest BCUT2D eigenvalue weighted by atomic mass is 9.98. The van der Waals surface area contributed by atoms with Crippen LogP contribution in [0.3, 0.4) is 0 Å². The average molecular weight is 351 g/mol. The van der Waals surface area contributed by atoms with Crippen molar-refractivity contribution < 1.29 is 24.1 Å². The van der Waals surface area contributed by atoms with E-state index in [0.717, 1.165) is 25.1 Å². The van der Waals surface area contributed by atoms with Crippen molar-refractivity contribution >= 4 is 5.97 Å². The van der Waals surface area contributed by atoms with Gasteiger partial charge in [-0.05, 0) is 57.5 Å². The summed E-state index contributed by atoms with van der Waals surface area (Å²) in [5.41, 5.74) is 0. The summed E-state index contributed by atoms with van der Waals surface area (Å²) in [6.07, 6.45) is 1.19. The number of hydrogen-bond donors (Lipinski definition) is 1. The lowest BCUT2D eigenvalue weighted by Crippen LogP contribution is -2.44. The van der Waals surface area contributed by atoms with Gasteiger partial charge in [0.25, 0.3) is 0 Å². The number of aliphatic hydroxyl groups is 1. The summed E-state index contributed by atoms with van der Waals surface area (Å²) in [5.74, 6) is 1.28. The molecule has 0 bridgehead atoms. The van der Waals surface area contributed by atoms with Crippen molar-refractivity contribution in [1.29, 1.82) is 0 Å². The van der Waals surface area contributed by atoms with Crippen LogP contribution in [0.1, 0.15) is 26.7 Å². The van der Waals surface area contributed by atoms with Gasteiger partial charge in [0, 0.05) is 13.1 Å². The molecule has 0 aromatic heterocycles. The number of carbonyl (C=O) groups excluding carboxylic acids is 1. The molecular weight excluding hydrogens is 322 g/mol. The Hall–Kier alpha value is -1.79. The van der Waals surface area contributed by atoms with Gasteiger partial charge in [0.1, 0.15) is 24.2 Å². The Morgan fingerprint density at radius 2 is 1.88 bits per heavy atom. The molecule has 1 aliphatic rings. The molecule has 6 nitrogen and oxygen atoms in total. The van der Waals surface area contributed by atoms with Crippen LogP contribution < -0.4 is 9.47 Å². The Balaban J connectivity index is 1.73. The van der Waals surface area contributed by atoms with E-state index < -0.39 is 6.10 Å². The summed E-state index contributed by atoms with van der Waals surface area (Å²) in [5, 5.41) is 10.2. The molecule has 1 heterocycles. The Labute approximate surface area is 149 Å². The number of hydrogen-bond acceptors (Lipinski definition) is 6. The Morgan fingerprint density at radius 1 is 1.20 bits per heavy atom. The predicted octanol–water partition coefficient (Wildman–Crippen LogP) is 2.10. The maximum atomic E-state index is 11.9. The van der Waals surface area contributed by atoms with Crippen molar-refractivity contribution in [3.63, 3.8) is 0 Å². The molecule has 1 aromatic carbocycles. The van der Waals surface area contributed by atoms with Crippen LogP contribution in [0.2, 0.25) is 0 Å². The van der Waals surface area contributed by atoms with Crippen LogP contribution in [0.4, 0.5) is 0 Å². The number of likely N-dealkylation sites (tertiary alicyclic amines) is 1. The van der Waals surface area contributed by atoms with Crippen LogP contribution in [0.5, 0.6) is 11.5 Å². The van der Waals surface area contributed by atoms with E-state index in [9.17, 15) is 9.90 Å². The highest BCUT2D eigenvalue weighted by Crippen LogP contribution is 2.19. The van der Waals surface area contributed by atoms with Gasteiger partial charge in [0.2, 0.25) is 0 Å². The number of aliphatic hydroxyl groups excluding tert-OH is 1. The van der Waals surface area contributed by atoms with Crippen molar-refractivity contribution in [2.75, 3.05) is 39.5 Å². The third-order valence-corrected chi connectivity index (χ3v) is 4.17. The van der Waals surface area contributed by atoms with E-state index in [1.165, 1.54) is 0 Å².